The second-order valence-electron chi connectivity index (χ2n) is 7.12. The first-order valence-electron chi connectivity index (χ1n) is 9.84. The fourth-order valence-corrected chi connectivity index (χ4v) is 3.53. The number of pyridine rings is 1. The normalized spacial score (nSPS) is 12.1. The van der Waals surface area contributed by atoms with Crippen LogP contribution < -0.4 is 0 Å². The summed E-state index contributed by atoms with van der Waals surface area (Å²) in [6.07, 6.45) is 1.74. The molecule has 2 aromatic carbocycles. The monoisotopic (exact) mass is 384 g/mol. The van der Waals surface area contributed by atoms with Gasteiger partial charge in [0, 0.05) is 19.2 Å². The van der Waals surface area contributed by atoms with Crippen molar-refractivity contribution in [2.24, 2.45) is 0 Å². The zero-order valence-corrected chi connectivity index (χ0v) is 16.9. The highest BCUT2D eigenvalue weighted by atomic mass is 16.2. The van der Waals surface area contributed by atoms with E-state index in [1.807, 2.05) is 92.3 Å². The summed E-state index contributed by atoms with van der Waals surface area (Å²) < 4.78 is 1.83. The van der Waals surface area contributed by atoms with Gasteiger partial charge >= 0.3 is 0 Å². The van der Waals surface area contributed by atoms with E-state index in [-0.39, 0.29) is 11.9 Å². The summed E-state index contributed by atoms with van der Waals surface area (Å²) in [7, 11) is 1.85. The Hall–Kier alpha value is -3.47. The van der Waals surface area contributed by atoms with Gasteiger partial charge < -0.3 is 4.90 Å². The third-order valence-corrected chi connectivity index (χ3v) is 5.39. The molecular weight excluding hydrogens is 360 g/mol. The molecule has 5 heteroatoms. The highest BCUT2D eigenvalue weighted by molar-refractivity contribution is 6.06. The number of amides is 1. The topological polar surface area (TPSA) is 51.0 Å². The number of carbonyl (C=O) groups excluding carboxylic acids is 1. The summed E-state index contributed by atoms with van der Waals surface area (Å²) in [4.78, 5) is 20.1. The van der Waals surface area contributed by atoms with Crippen LogP contribution in [0.3, 0.4) is 0 Å². The lowest BCUT2D eigenvalue weighted by molar-refractivity contribution is 0.0744. The number of hydrogen-bond donors (Lipinski definition) is 0. The summed E-state index contributed by atoms with van der Waals surface area (Å²) >= 11 is 0. The van der Waals surface area contributed by atoms with Crippen molar-refractivity contribution in [1.82, 2.24) is 19.7 Å². The lowest BCUT2D eigenvalue weighted by Crippen LogP contribution is -2.30. The van der Waals surface area contributed by atoms with Crippen molar-refractivity contribution in [1.29, 1.82) is 0 Å². The Morgan fingerprint density at radius 3 is 2.38 bits per heavy atom. The molecule has 0 bridgehead atoms. The molecule has 0 fully saturated rings. The fourth-order valence-electron chi connectivity index (χ4n) is 3.53. The Kier molecular flexibility index (Phi) is 5.12. The summed E-state index contributed by atoms with van der Waals surface area (Å²) in [6.45, 7) is 4.76. The van der Waals surface area contributed by atoms with Crippen LogP contribution in [0.5, 0.6) is 0 Å². The zero-order chi connectivity index (χ0) is 20.4. The molecule has 5 nitrogen and oxygen atoms in total. The maximum Gasteiger partial charge on any atom is 0.254 e. The Labute approximate surface area is 170 Å². The third kappa shape index (κ3) is 3.51. The molecule has 0 saturated carbocycles. The molecule has 0 N–H and O–H groups in total. The number of hydrogen-bond acceptors (Lipinski definition) is 3. The first kappa shape index (κ1) is 18.9. The lowest BCUT2D eigenvalue weighted by Gasteiger charge is -2.26. The lowest BCUT2D eigenvalue weighted by atomic mass is 10.0. The minimum atomic E-state index is -0.0479. The molecule has 0 aliphatic heterocycles. The number of benzene rings is 2. The van der Waals surface area contributed by atoms with Crippen LogP contribution in [0.25, 0.3) is 22.3 Å². The average molecular weight is 384 g/mol. The van der Waals surface area contributed by atoms with E-state index in [2.05, 4.69) is 5.10 Å². The Bertz CT molecular complexity index is 1140. The SMILES string of the molecule is CCn1ncc2c(C(=O)N(C)C(C)c3ccccc3)cc(-c3ccccc3)nc21. The largest absolute Gasteiger partial charge is 0.335 e. The van der Waals surface area contributed by atoms with Crippen LogP contribution in [-0.4, -0.2) is 32.6 Å². The Balaban J connectivity index is 1.81. The highest BCUT2D eigenvalue weighted by Gasteiger charge is 2.23. The molecule has 1 atom stereocenters. The van der Waals surface area contributed by atoms with Gasteiger partial charge in [-0.2, -0.15) is 5.10 Å². The van der Waals surface area contributed by atoms with E-state index >= 15 is 0 Å². The standard InChI is InChI=1S/C24H24N4O/c1-4-28-23-21(16-25-28)20(15-22(26-23)19-13-9-6-10-14-19)24(29)27(3)17(2)18-11-7-5-8-12-18/h5-17H,4H2,1-3H3. The summed E-state index contributed by atoms with van der Waals surface area (Å²) in [6, 6.07) is 21.8. The van der Waals surface area contributed by atoms with Crippen molar-refractivity contribution in [3.8, 4) is 11.3 Å². The van der Waals surface area contributed by atoms with E-state index in [9.17, 15) is 4.79 Å². The van der Waals surface area contributed by atoms with Gasteiger partial charge in [-0.15, -0.1) is 0 Å². The molecule has 2 aromatic heterocycles. The summed E-state index contributed by atoms with van der Waals surface area (Å²) in [5.41, 5.74) is 4.21. The Morgan fingerprint density at radius 1 is 1.07 bits per heavy atom. The van der Waals surface area contributed by atoms with E-state index in [4.69, 9.17) is 4.98 Å². The van der Waals surface area contributed by atoms with E-state index in [0.717, 1.165) is 27.9 Å². The third-order valence-electron chi connectivity index (χ3n) is 5.39. The molecular formula is C24H24N4O. The van der Waals surface area contributed by atoms with Crippen LogP contribution in [0.2, 0.25) is 0 Å². The van der Waals surface area contributed by atoms with Gasteiger partial charge in [0.2, 0.25) is 0 Å². The molecule has 0 saturated heterocycles. The first-order valence-corrected chi connectivity index (χ1v) is 9.84. The predicted octanol–water partition coefficient (Wildman–Crippen LogP) is 4.95. The number of aromatic nitrogens is 3. The zero-order valence-electron chi connectivity index (χ0n) is 16.9. The summed E-state index contributed by atoms with van der Waals surface area (Å²) in [5.74, 6) is -0.0402. The quantitative estimate of drug-likeness (QED) is 0.489. The smallest absolute Gasteiger partial charge is 0.254 e. The van der Waals surface area contributed by atoms with Gasteiger partial charge in [0.25, 0.3) is 5.91 Å². The van der Waals surface area contributed by atoms with Gasteiger partial charge in [-0.05, 0) is 25.5 Å². The number of rotatable bonds is 5. The average Bonchev–Trinajstić information content (AvgIpc) is 3.21. The maximum atomic E-state index is 13.5. The molecule has 146 valence electrons. The van der Waals surface area contributed by atoms with Crippen LogP contribution in [0.1, 0.15) is 35.8 Å². The number of aryl methyl sites for hydroxylation is 1. The van der Waals surface area contributed by atoms with Crippen LogP contribution in [0.4, 0.5) is 0 Å². The minimum Gasteiger partial charge on any atom is -0.335 e. The van der Waals surface area contributed by atoms with Gasteiger partial charge in [0.15, 0.2) is 5.65 Å². The van der Waals surface area contributed by atoms with Crippen LogP contribution in [0.15, 0.2) is 72.9 Å². The van der Waals surface area contributed by atoms with Crippen molar-refractivity contribution in [3.63, 3.8) is 0 Å². The molecule has 0 radical (unpaired) electrons. The molecule has 4 rings (SSSR count). The summed E-state index contributed by atoms with van der Waals surface area (Å²) in [5, 5.41) is 5.22. The van der Waals surface area contributed by atoms with Crippen molar-refractivity contribution >= 4 is 16.9 Å². The predicted molar refractivity (Wildman–Crippen MR) is 116 cm³/mol. The molecule has 4 aromatic rings. The van der Waals surface area contributed by atoms with E-state index in [1.54, 1.807) is 11.1 Å². The van der Waals surface area contributed by atoms with Gasteiger partial charge in [-0.3, -0.25) is 4.79 Å². The van der Waals surface area contributed by atoms with E-state index in [1.165, 1.54) is 0 Å². The van der Waals surface area contributed by atoms with Gasteiger partial charge in [0.05, 0.1) is 28.9 Å². The molecule has 0 aliphatic carbocycles. The van der Waals surface area contributed by atoms with E-state index in [0.29, 0.717) is 12.1 Å². The van der Waals surface area contributed by atoms with Crippen molar-refractivity contribution < 1.29 is 4.79 Å². The second-order valence-corrected chi connectivity index (χ2v) is 7.12. The second kappa shape index (κ2) is 7.87. The highest BCUT2D eigenvalue weighted by Crippen LogP contribution is 2.28. The first-order chi connectivity index (χ1) is 14.1. The molecule has 29 heavy (non-hydrogen) atoms. The molecule has 1 amide bonds. The molecule has 1 unspecified atom stereocenters. The number of nitrogens with zero attached hydrogens (tertiary/aromatic N) is 4. The van der Waals surface area contributed by atoms with Crippen molar-refractivity contribution in [2.45, 2.75) is 26.4 Å². The van der Waals surface area contributed by atoms with Crippen molar-refractivity contribution in [2.75, 3.05) is 7.05 Å². The fraction of sp³-hybridized carbons (Fsp3) is 0.208. The van der Waals surface area contributed by atoms with Gasteiger partial charge in [-0.25, -0.2) is 9.67 Å². The van der Waals surface area contributed by atoms with Gasteiger partial charge in [-0.1, -0.05) is 60.7 Å². The molecule has 0 spiro atoms. The molecule has 0 aliphatic rings. The van der Waals surface area contributed by atoms with Crippen LogP contribution in [-0.2, 0) is 6.54 Å². The minimum absolute atomic E-state index is 0.0402. The maximum absolute atomic E-state index is 13.5. The van der Waals surface area contributed by atoms with Crippen molar-refractivity contribution in [3.05, 3.63) is 84.1 Å². The molecule has 2 heterocycles. The van der Waals surface area contributed by atoms with Crippen LogP contribution in [0, 0.1) is 0 Å². The van der Waals surface area contributed by atoms with Gasteiger partial charge in [0.1, 0.15) is 0 Å². The number of fused-ring (bicyclic) bond motifs is 1. The Morgan fingerprint density at radius 2 is 1.72 bits per heavy atom. The van der Waals surface area contributed by atoms with Crippen LogP contribution >= 0.6 is 0 Å². The van der Waals surface area contributed by atoms with E-state index < -0.39 is 0 Å². The number of carbonyl (C=O) groups is 1.